The average molecular weight is 371 g/mol. The normalized spacial score (nSPS) is 10.1. The summed E-state index contributed by atoms with van der Waals surface area (Å²) >= 11 is 9.60. The molecule has 0 unspecified atom stereocenters. The van der Waals surface area contributed by atoms with Crippen molar-refractivity contribution in [2.75, 3.05) is 12.4 Å². The molecule has 2 rings (SSSR count). The summed E-state index contributed by atoms with van der Waals surface area (Å²) in [4.78, 5) is 13.0. The van der Waals surface area contributed by atoms with Crippen LogP contribution in [0.3, 0.4) is 0 Å². The van der Waals surface area contributed by atoms with E-state index in [0.717, 1.165) is 3.79 Å². The van der Waals surface area contributed by atoms with Crippen molar-refractivity contribution < 1.29 is 9.53 Å². The number of thiocarbonyl (C=S) groups is 1. The van der Waals surface area contributed by atoms with Gasteiger partial charge in [0.1, 0.15) is 10.7 Å². The van der Waals surface area contributed by atoms with Crippen LogP contribution in [0.4, 0.5) is 5.69 Å². The minimum Gasteiger partial charge on any atom is -0.495 e. The molecular weight excluding hydrogens is 360 g/mol. The van der Waals surface area contributed by atoms with Crippen LogP contribution in [-0.2, 0) is 0 Å². The predicted molar refractivity (Wildman–Crippen MR) is 88.9 cm³/mol. The molecule has 0 saturated carbocycles. The van der Waals surface area contributed by atoms with E-state index in [4.69, 9.17) is 22.7 Å². The van der Waals surface area contributed by atoms with Crippen LogP contribution in [-0.4, -0.2) is 18.0 Å². The predicted octanol–water partition coefficient (Wildman–Crippen LogP) is 3.41. The number of carbonyl (C=O) groups is 1. The molecule has 3 N–H and O–H groups in total. The zero-order chi connectivity index (χ0) is 14.7. The molecule has 4 nitrogen and oxygen atoms in total. The lowest BCUT2D eigenvalue weighted by Crippen LogP contribution is -2.13. The van der Waals surface area contributed by atoms with Crippen LogP contribution in [0.25, 0.3) is 0 Å². The smallest absolute Gasteiger partial charge is 0.265 e. The molecule has 2 aromatic rings. The Balaban J connectivity index is 2.25. The first-order chi connectivity index (χ1) is 9.51. The van der Waals surface area contributed by atoms with Crippen LogP contribution in [0.5, 0.6) is 5.75 Å². The largest absolute Gasteiger partial charge is 0.495 e. The van der Waals surface area contributed by atoms with Crippen LogP contribution in [0, 0.1) is 0 Å². The third kappa shape index (κ3) is 3.36. The fraction of sp³-hybridized carbons (Fsp3) is 0.0769. The number of hydrogen-bond donors (Lipinski definition) is 2. The molecule has 1 heterocycles. The van der Waals surface area contributed by atoms with E-state index in [2.05, 4.69) is 21.2 Å². The first-order valence-electron chi connectivity index (χ1n) is 5.56. The number of hydrogen-bond acceptors (Lipinski definition) is 4. The number of anilines is 1. The molecule has 0 aliphatic heterocycles. The van der Waals surface area contributed by atoms with E-state index < -0.39 is 0 Å². The zero-order valence-corrected chi connectivity index (χ0v) is 13.7. The minimum atomic E-state index is -0.193. The van der Waals surface area contributed by atoms with Crippen LogP contribution in [0.15, 0.2) is 34.1 Å². The third-order valence-corrected chi connectivity index (χ3v) is 4.39. The number of halogens is 1. The van der Waals surface area contributed by atoms with Crippen LogP contribution < -0.4 is 15.8 Å². The highest BCUT2D eigenvalue weighted by atomic mass is 79.9. The molecule has 1 amide bonds. The topological polar surface area (TPSA) is 64.3 Å². The summed E-state index contributed by atoms with van der Waals surface area (Å²) < 4.78 is 6.14. The van der Waals surface area contributed by atoms with Gasteiger partial charge in [-0.3, -0.25) is 4.79 Å². The SMILES string of the molecule is COc1cc(C(N)=S)ccc1NC(=O)c1ccc(Br)s1. The van der Waals surface area contributed by atoms with E-state index >= 15 is 0 Å². The first kappa shape index (κ1) is 15.0. The Kier molecular flexibility index (Phi) is 4.74. The van der Waals surface area contributed by atoms with Gasteiger partial charge in [0, 0.05) is 5.56 Å². The van der Waals surface area contributed by atoms with Crippen LogP contribution in [0.2, 0.25) is 0 Å². The van der Waals surface area contributed by atoms with E-state index in [-0.39, 0.29) is 10.9 Å². The van der Waals surface area contributed by atoms with Crippen molar-refractivity contribution in [2.24, 2.45) is 5.73 Å². The number of ether oxygens (including phenoxy) is 1. The average Bonchev–Trinajstić information content (AvgIpc) is 2.85. The number of benzene rings is 1. The van der Waals surface area contributed by atoms with Gasteiger partial charge >= 0.3 is 0 Å². The Hall–Kier alpha value is -1.44. The molecule has 0 saturated heterocycles. The quantitative estimate of drug-likeness (QED) is 0.809. The van der Waals surface area contributed by atoms with Gasteiger partial charge in [-0.05, 0) is 46.3 Å². The van der Waals surface area contributed by atoms with Crippen molar-refractivity contribution in [3.63, 3.8) is 0 Å². The van der Waals surface area contributed by atoms with E-state index in [1.54, 1.807) is 24.3 Å². The number of methoxy groups -OCH3 is 1. The molecule has 0 atom stereocenters. The monoisotopic (exact) mass is 370 g/mol. The van der Waals surface area contributed by atoms with Gasteiger partial charge in [-0.1, -0.05) is 12.2 Å². The molecule has 0 aliphatic carbocycles. The van der Waals surface area contributed by atoms with Crippen molar-refractivity contribution in [2.45, 2.75) is 0 Å². The second-order valence-corrected chi connectivity index (χ2v) is 6.74. The van der Waals surface area contributed by atoms with Crippen LogP contribution >= 0.6 is 39.5 Å². The van der Waals surface area contributed by atoms with Gasteiger partial charge < -0.3 is 15.8 Å². The Bertz CT molecular complexity index is 670. The number of nitrogens with two attached hydrogens (primary N) is 1. The van der Waals surface area contributed by atoms with Crippen molar-refractivity contribution in [3.8, 4) is 5.75 Å². The number of amides is 1. The lowest BCUT2D eigenvalue weighted by molar-refractivity contribution is 0.103. The summed E-state index contributed by atoms with van der Waals surface area (Å²) in [7, 11) is 1.52. The van der Waals surface area contributed by atoms with Crippen molar-refractivity contribution in [1.29, 1.82) is 0 Å². The molecular formula is C13H11BrN2O2S2. The Morgan fingerprint density at radius 2 is 2.15 bits per heavy atom. The lowest BCUT2D eigenvalue weighted by Gasteiger charge is -2.11. The van der Waals surface area contributed by atoms with E-state index in [0.29, 0.717) is 21.9 Å². The summed E-state index contributed by atoms with van der Waals surface area (Å²) in [5.41, 5.74) is 6.83. The maximum absolute atomic E-state index is 12.1. The van der Waals surface area contributed by atoms with Crippen molar-refractivity contribution >= 4 is 56.1 Å². The molecule has 0 bridgehead atoms. The number of carbonyl (C=O) groups excluding carboxylic acids is 1. The highest BCUT2D eigenvalue weighted by Gasteiger charge is 2.12. The molecule has 0 aliphatic rings. The molecule has 0 fully saturated rings. The number of thiophene rings is 1. The molecule has 20 heavy (non-hydrogen) atoms. The summed E-state index contributed by atoms with van der Waals surface area (Å²) in [6, 6.07) is 8.73. The molecule has 0 radical (unpaired) electrons. The molecule has 1 aromatic carbocycles. The maximum atomic E-state index is 12.1. The Labute approximate surface area is 134 Å². The van der Waals surface area contributed by atoms with Gasteiger partial charge in [-0.15, -0.1) is 11.3 Å². The summed E-state index contributed by atoms with van der Waals surface area (Å²) in [6.07, 6.45) is 0. The molecule has 0 spiro atoms. The highest BCUT2D eigenvalue weighted by molar-refractivity contribution is 9.11. The van der Waals surface area contributed by atoms with Gasteiger partial charge in [0.15, 0.2) is 0 Å². The van der Waals surface area contributed by atoms with Gasteiger partial charge in [0.05, 0.1) is 21.5 Å². The fourth-order valence-electron chi connectivity index (χ4n) is 1.57. The van der Waals surface area contributed by atoms with Gasteiger partial charge in [-0.2, -0.15) is 0 Å². The Morgan fingerprint density at radius 3 is 2.70 bits per heavy atom. The van der Waals surface area contributed by atoms with E-state index in [1.807, 2.05) is 6.07 Å². The fourth-order valence-corrected chi connectivity index (χ4v) is 2.98. The highest BCUT2D eigenvalue weighted by Crippen LogP contribution is 2.28. The van der Waals surface area contributed by atoms with Crippen LogP contribution in [0.1, 0.15) is 15.2 Å². The van der Waals surface area contributed by atoms with Crippen molar-refractivity contribution in [1.82, 2.24) is 0 Å². The number of nitrogens with one attached hydrogen (secondary N) is 1. The summed E-state index contributed by atoms with van der Waals surface area (Å²) in [5, 5.41) is 2.80. The summed E-state index contributed by atoms with van der Waals surface area (Å²) in [6.45, 7) is 0. The van der Waals surface area contributed by atoms with Gasteiger partial charge in [-0.25, -0.2) is 0 Å². The van der Waals surface area contributed by atoms with Gasteiger partial charge in [0.2, 0.25) is 0 Å². The second-order valence-electron chi connectivity index (χ2n) is 3.84. The first-order valence-corrected chi connectivity index (χ1v) is 7.57. The standard InChI is InChI=1S/C13H11BrN2O2S2/c1-18-9-6-7(12(15)19)2-3-8(9)16-13(17)10-4-5-11(14)20-10/h2-6H,1H3,(H2,15,19)(H,16,17). The van der Waals surface area contributed by atoms with Crippen molar-refractivity contribution in [3.05, 3.63) is 44.6 Å². The Morgan fingerprint density at radius 1 is 1.40 bits per heavy atom. The molecule has 7 heteroatoms. The van der Waals surface area contributed by atoms with E-state index in [9.17, 15) is 4.79 Å². The zero-order valence-electron chi connectivity index (χ0n) is 10.5. The third-order valence-electron chi connectivity index (χ3n) is 2.53. The number of rotatable bonds is 4. The molecule has 1 aromatic heterocycles. The van der Waals surface area contributed by atoms with Gasteiger partial charge in [0.25, 0.3) is 5.91 Å². The lowest BCUT2D eigenvalue weighted by atomic mass is 10.2. The minimum absolute atomic E-state index is 0.193. The molecule has 104 valence electrons. The summed E-state index contributed by atoms with van der Waals surface area (Å²) in [5.74, 6) is 0.321. The second kappa shape index (κ2) is 6.34. The van der Waals surface area contributed by atoms with E-state index in [1.165, 1.54) is 18.4 Å². The maximum Gasteiger partial charge on any atom is 0.265 e.